The van der Waals surface area contributed by atoms with Gasteiger partial charge < -0.3 is 9.26 Å². The molecule has 0 radical (unpaired) electrons. The molecule has 80 valence electrons. The van der Waals surface area contributed by atoms with Crippen molar-refractivity contribution in [3.05, 3.63) is 30.4 Å². The van der Waals surface area contributed by atoms with Gasteiger partial charge in [-0.1, -0.05) is 12.1 Å². The molecule has 5 nitrogen and oxygen atoms in total. The Kier molecular flexibility index (Phi) is 3.02. The van der Waals surface area contributed by atoms with Crippen molar-refractivity contribution >= 4 is 0 Å². The molecule has 2 rings (SSSR count). The molecule has 0 saturated carbocycles. The standard InChI is InChI=1S/C10H13N3O2/c1-2-5-13-7-10(6-11-13)14-8-9-3-4-12-15-9/h3-4,6-7H,2,5,8H2,1H3. The molecule has 2 aromatic heterocycles. The predicted molar refractivity (Wildman–Crippen MR) is 53.4 cm³/mol. The van der Waals surface area contributed by atoms with Crippen LogP contribution < -0.4 is 4.74 Å². The lowest BCUT2D eigenvalue weighted by Crippen LogP contribution is -1.96. The van der Waals surface area contributed by atoms with Gasteiger partial charge in [0.25, 0.3) is 0 Å². The Morgan fingerprint density at radius 2 is 2.47 bits per heavy atom. The van der Waals surface area contributed by atoms with E-state index in [9.17, 15) is 0 Å². The van der Waals surface area contributed by atoms with E-state index in [0.29, 0.717) is 12.4 Å². The minimum absolute atomic E-state index is 0.387. The van der Waals surface area contributed by atoms with E-state index in [1.807, 2.05) is 10.9 Å². The summed E-state index contributed by atoms with van der Waals surface area (Å²) in [4.78, 5) is 0. The third kappa shape index (κ3) is 2.59. The minimum atomic E-state index is 0.387. The number of rotatable bonds is 5. The molecular formula is C10H13N3O2. The van der Waals surface area contributed by atoms with E-state index < -0.39 is 0 Å². The lowest BCUT2D eigenvalue weighted by atomic mass is 10.5. The zero-order valence-electron chi connectivity index (χ0n) is 8.59. The summed E-state index contributed by atoms with van der Waals surface area (Å²) in [5.74, 6) is 1.46. The highest BCUT2D eigenvalue weighted by Crippen LogP contribution is 2.11. The maximum atomic E-state index is 5.46. The molecule has 0 N–H and O–H groups in total. The monoisotopic (exact) mass is 207 g/mol. The van der Waals surface area contributed by atoms with Crippen molar-refractivity contribution in [3.63, 3.8) is 0 Å². The molecule has 2 heterocycles. The van der Waals surface area contributed by atoms with Crippen molar-refractivity contribution in [2.45, 2.75) is 26.5 Å². The fraction of sp³-hybridized carbons (Fsp3) is 0.400. The van der Waals surface area contributed by atoms with Crippen LogP contribution in [0.4, 0.5) is 0 Å². The molecule has 0 bridgehead atoms. The molecule has 15 heavy (non-hydrogen) atoms. The number of aryl methyl sites for hydroxylation is 1. The van der Waals surface area contributed by atoms with Gasteiger partial charge in [-0.25, -0.2) is 0 Å². The summed E-state index contributed by atoms with van der Waals surface area (Å²) in [7, 11) is 0. The van der Waals surface area contributed by atoms with E-state index >= 15 is 0 Å². The van der Waals surface area contributed by atoms with E-state index in [-0.39, 0.29) is 0 Å². The van der Waals surface area contributed by atoms with Crippen LogP contribution in [-0.2, 0) is 13.2 Å². The van der Waals surface area contributed by atoms with Crippen LogP contribution in [-0.4, -0.2) is 14.9 Å². The molecule has 0 fully saturated rings. The summed E-state index contributed by atoms with van der Waals surface area (Å²) < 4.78 is 12.2. The molecule has 5 heteroatoms. The van der Waals surface area contributed by atoms with Gasteiger partial charge in [-0.15, -0.1) is 0 Å². The van der Waals surface area contributed by atoms with Crippen LogP contribution in [0.1, 0.15) is 19.1 Å². The first-order valence-electron chi connectivity index (χ1n) is 4.93. The molecule has 0 aromatic carbocycles. The molecule has 0 atom stereocenters. The van der Waals surface area contributed by atoms with Crippen molar-refractivity contribution in [2.75, 3.05) is 0 Å². The Labute approximate surface area is 87.6 Å². The summed E-state index contributed by atoms with van der Waals surface area (Å²) in [5, 5.41) is 7.74. The lowest BCUT2D eigenvalue weighted by molar-refractivity contribution is 0.249. The second kappa shape index (κ2) is 4.63. The number of aromatic nitrogens is 3. The van der Waals surface area contributed by atoms with Gasteiger partial charge in [0.2, 0.25) is 0 Å². The largest absolute Gasteiger partial charge is 0.482 e. The highest BCUT2D eigenvalue weighted by Gasteiger charge is 2.01. The number of hydrogen-bond donors (Lipinski definition) is 0. The average molecular weight is 207 g/mol. The molecule has 0 spiro atoms. The Hall–Kier alpha value is -1.78. The summed E-state index contributed by atoms with van der Waals surface area (Å²) in [6, 6.07) is 1.77. The quantitative estimate of drug-likeness (QED) is 0.750. The lowest BCUT2D eigenvalue weighted by Gasteiger charge is -1.98. The van der Waals surface area contributed by atoms with Crippen molar-refractivity contribution in [3.8, 4) is 5.75 Å². The zero-order valence-corrected chi connectivity index (χ0v) is 8.59. The maximum absolute atomic E-state index is 5.46. The fourth-order valence-corrected chi connectivity index (χ4v) is 1.24. The second-order valence-electron chi connectivity index (χ2n) is 3.21. The van der Waals surface area contributed by atoms with Crippen LogP contribution in [0.2, 0.25) is 0 Å². The first-order valence-corrected chi connectivity index (χ1v) is 4.93. The van der Waals surface area contributed by atoms with Crippen LogP contribution >= 0.6 is 0 Å². The molecule has 0 unspecified atom stereocenters. The van der Waals surface area contributed by atoms with Crippen molar-refractivity contribution in [2.24, 2.45) is 0 Å². The van der Waals surface area contributed by atoms with E-state index in [4.69, 9.17) is 9.26 Å². The van der Waals surface area contributed by atoms with E-state index in [2.05, 4.69) is 17.2 Å². The maximum Gasteiger partial charge on any atom is 0.174 e. The fourth-order valence-electron chi connectivity index (χ4n) is 1.24. The third-order valence-electron chi connectivity index (χ3n) is 1.93. The minimum Gasteiger partial charge on any atom is -0.482 e. The highest BCUT2D eigenvalue weighted by atomic mass is 16.5. The summed E-state index contributed by atoms with van der Waals surface area (Å²) >= 11 is 0. The SMILES string of the molecule is CCCn1cc(OCc2ccno2)cn1. The van der Waals surface area contributed by atoms with E-state index in [1.54, 1.807) is 18.5 Å². The van der Waals surface area contributed by atoms with Gasteiger partial charge in [-0.05, 0) is 6.42 Å². The highest BCUT2D eigenvalue weighted by molar-refractivity contribution is 5.12. The number of hydrogen-bond acceptors (Lipinski definition) is 4. The van der Waals surface area contributed by atoms with Gasteiger partial charge in [0.05, 0.1) is 18.6 Å². The van der Waals surface area contributed by atoms with Crippen LogP contribution in [0, 0.1) is 0 Å². The Bertz CT molecular complexity index is 394. The first-order chi connectivity index (χ1) is 7.38. The van der Waals surface area contributed by atoms with Crippen molar-refractivity contribution < 1.29 is 9.26 Å². The topological polar surface area (TPSA) is 53.1 Å². The zero-order chi connectivity index (χ0) is 10.5. The summed E-state index contributed by atoms with van der Waals surface area (Å²) in [5.41, 5.74) is 0. The van der Waals surface area contributed by atoms with Gasteiger partial charge in [0.1, 0.15) is 6.61 Å². The van der Waals surface area contributed by atoms with Crippen molar-refractivity contribution in [1.82, 2.24) is 14.9 Å². The second-order valence-corrected chi connectivity index (χ2v) is 3.21. The van der Waals surface area contributed by atoms with Gasteiger partial charge in [-0.2, -0.15) is 5.10 Å². The van der Waals surface area contributed by atoms with Gasteiger partial charge >= 0.3 is 0 Å². The van der Waals surface area contributed by atoms with Gasteiger partial charge in [0, 0.05) is 12.6 Å². The molecule has 0 aliphatic heterocycles. The predicted octanol–water partition coefficient (Wildman–Crippen LogP) is 1.86. The molecule has 2 aromatic rings. The normalized spacial score (nSPS) is 10.5. The molecule has 0 aliphatic rings. The molecular weight excluding hydrogens is 194 g/mol. The van der Waals surface area contributed by atoms with Gasteiger partial charge in [0.15, 0.2) is 11.5 Å². The molecule has 0 amide bonds. The molecule has 0 aliphatic carbocycles. The van der Waals surface area contributed by atoms with Crippen LogP contribution in [0.25, 0.3) is 0 Å². The van der Waals surface area contributed by atoms with E-state index in [1.165, 1.54) is 0 Å². The summed E-state index contributed by atoms with van der Waals surface area (Å²) in [6.07, 6.45) is 6.23. The van der Waals surface area contributed by atoms with Crippen LogP contribution in [0.15, 0.2) is 29.2 Å². The summed E-state index contributed by atoms with van der Waals surface area (Å²) in [6.45, 7) is 3.40. The Morgan fingerprint density at radius 3 is 3.20 bits per heavy atom. The number of ether oxygens (including phenoxy) is 1. The van der Waals surface area contributed by atoms with Gasteiger partial charge in [-0.3, -0.25) is 4.68 Å². The van der Waals surface area contributed by atoms with Crippen LogP contribution in [0.3, 0.4) is 0 Å². The van der Waals surface area contributed by atoms with Crippen LogP contribution in [0.5, 0.6) is 5.75 Å². The number of nitrogens with zero attached hydrogens (tertiary/aromatic N) is 3. The third-order valence-corrected chi connectivity index (χ3v) is 1.93. The smallest absolute Gasteiger partial charge is 0.174 e. The average Bonchev–Trinajstić information content (AvgIpc) is 2.85. The Balaban J connectivity index is 1.88. The first kappa shape index (κ1) is 9.76. The van der Waals surface area contributed by atoms with E-state index in [0.717, 1.165) is 18.7 Å². The molecule has 0 saturated heterocycles. The Morgan fingerprint density at radius 1 is 1.53 bits per heavy atom. The van der Waals surface area contributed by atoms with Crippen molar-refractivity contribution in [1.29, 1.82) is 0 Å².